The summed E-state index contributed by atoms with van der Waals surface area (Å²) in [7, 11) is 0. The highest BCUT2D eigenvalue weighted by Crippen LogP contribution is 2.72. The lowest BCUT2D eigenvalue weighted by atomic mass is 9.44. The van der Waals surface area contributed by atoms with Crippen LogP contribution in [-0.4, -0.2) is 102 Å². The number of alkyl halides is 2. The number of rotatable bonds is 12. The fourth-order valence-electron chi connectivity index (χ4n) is 8.92. The predicted molar refractivity (Wildman–Crippen MR) is 160 cm³/mol. The van der Waals surface area contributed by atoms with E-state index in [0.29, 0.717) is 0 Å². The van der Waals surface area contributed by atoms with E-state index >= 15 is 8.78 Å². The molecule has 4 fully saturated rings. The maximum Gasteiger partial charge on any atom is 0.508 e. The summed E-state index contributed by atoms with van der Waals surface area (Å²) in [6.45, 7) is 4.53. The Bertz CT molecular complexity index is 1460. The molecule has 3 N–H and O–H groups in total. The highest BCUT2D eigenvalue weighted by molar-refractivity contribution is 6.01. The number of carbonyl (C=O) groups excluding carboxylic acids is 4. The first-order valence-electron chi connectivity index (χ1n) is 16.2. The molecular formula is C32H42F2N2O13. The number of ether oxygens (including phenoxy) is 5. The minimum absolute atomic E-state index is 0.0285. The maximum absolute atomic E-state index is 17.6. The van der Waals surface area contributed by atoms with Gasteiger partial charge in [-0.3, -0.25) is 14.4 Å². The zero-order valence-electron chi connectivity index (χ0n) is 27.7. The maximum atomic E-state index is 17.6. The Morgan fingerprint density at radius 3 is 2.51 bits per heavy atom. The van der Waals surface area contributed by atoms with Crippen molar-refractivity contribution in [2.24, 2.45) is 28.4 Å². The molecular weight excluding hydrogens is 658 g/mol. The lowest BCUT2D eigenvalue weighted by molar-refractivity contribution is -0.757. The van der Waals surface area contributed by atoms with Crippen LogP contribution in [0.5, 0.6) is 0 Å². The molecule has 272 valence electrons. The third kappa shape index (κ3) is 6.01. The van der Waals surface area contributed by atoms with E-state index in [0.717, 1.165) is 6.08 Å². The van der Waals surface area contributed by atoms with Gasteiger partial charge in [-0.2, -0.15) is 0 Å². The Kier molecular flexibility index (Phi) is 9.72. The summed E-state index contributed by atoms with van der Waals surface area (Å²) in [5.41, 5.74) is -1.45. The van der Waals surface area contributed by atoms with Crippen LogP contribution in [-0.2, 0) is 42.9 Å². The lowest BCUT2D eigenvalue weighted by Gasteiger charge is -2.63. The average molecular weight is 701 g/mol. The van der Waals surface area contributed by atoms with Crippen LogP contribution < -0.4 is 5.73 Å². The highest BCUT2D eigenvalue weighted by atomic mass is 19.1. The van der Waals surface area contributed by atoms with Gasteiger partial charge in [-0.15, -0.1) is 10.1 Å². The summed E-state index contributed by atoms with van der Waals surface area (Å²) in [5, 5.41) is 20.8. The second kappa shape index (κ2) is 13.0. The smallest absolute Gasteiger partial charge is 0.464 e. The average Bonchev–Trinajstić information content (AvgIpc) is 3.43. The van der Waals surface area contributed by atoms with Crippen molar-refractivity contribution >= 4 is 23.7 Å². The van der Waals surface area contributed by atoms with Crippen molar-refractivity contribution in [3.05, 3.63) is 33.9 Å². The van der Waals surface area contributed by atoms with Gasteiger partial charge in [0, 0.05) is 16.7 Å². The first-order valence-corrected chi connectivity index (χ1v) is 16.2. The predicted octanol–water partition coefficient (Wildman–Crippen LogP) is 2.39. The Balaban J connectivity index is 1.26. The summed E-state index contributed by atoms with van der Waals surface area (Å²) in [6, 6.07) is -1.39. The number of hydrogen-bond donors (Lipinski definition) is 2. The van der Waals surface area contributed by atoms with Crippen LogP contribution in [0.15, 0.2) is 23.8 Å². The van der Waals surface area contributed by atoms with E-state index in [1.165, 1.54) is 19.1 Å². The molecule has 1 heterocycles. The Labute approximate surface area is 280 Å². The molecule has 3 unspecified atom stereocenters. The van der Waals surface area contributed by atoms with Crippen LogP contribution in [0.1, 0.15) is 59.8 Å². The van der Waals surface area contributed by atoms with Crippen molar-refractivity contribution in [3.63, 3.8) is 0 Å². The van der Waals surface area contributed by atoms with Crippen molar-refractivity contribution in [2.75, 3.05) is 26.4 Å². The van der Waals surface area contributed by atoms with Gasteiger partial charge < -0.3 is 39.4 Å². The van der Waals surface area contributed by atoms with Crippen molar-refractivity contribution in [1.29, 1.82) is 0 Å². The second-order valence-electron chi connectivity index (χ2n) is 14.2. The van der Waals surface area contributed by atoms with Crippen molar-refractivity contribution in [3.8, 4) is 0 Å². The number of nitrogens with zero attached hydrogens (tertiary/aromatic N) is 1. The molecule has 0 aromatic rings. The van der Waals surface area contributed by atoms with E-state index in [9.17, 15) is 34.4 Å². The SMILES string of the molecule is CC1(C)O[C@H]2CC3C4C[C@H](F)C5=CC(=O)C=C[C@]5(C)[C@@]4(F)[C@@H](O)C[C@]3(C)C2(C(=O)COC(=O)OC[C@H](N)C(=O)OCCCCO[N+](=O)[O-])O1. The Hall–Kier alpha value is -3.54. The van der Waals surface area contributed by atoms with Crippen molar-refractivity contribution < 1.29 is 66.7 Å². The summed E-state index contributed by atoms with van der Waals surface area (Å²) in [5.74, 6) is -5.22. The van der Waals surface area contributed by atoms with Gasteiger partial charge in [0.25, 0.3) is 5.09 Å². The summed E-state index contributed by atoms with van der Waals surface area (Å²) < 4.78 is 60.8. The molecule has 5 rings (SSSR count). The summed E-state index contributed by atoms with van der Waals surface area (Å²) in [4.78, 5) is 65.1. The van der Waals surface area contributed by atoms with Gasteiger partial charge in [0.1, 0.15) is 18.8 Å². The normalized spacial score (nSPS) is 39.0. The number of halogens is 2. The van der Waals surface area contributed by atoms with Gasteiger partial charge in [-0.05, 0) is 76.5 Å². The van der Waals surface area contributed by atoms with Gasteiger partial charge in [0.15, 0.2) is 29.4 Å². The number of unbranched alkanes of at least 4 members (excludes halogenated alkanes) is 1. The Morgan fingerprint density at radius 2 is 1.82 bits per heavy atom. The number of Topliss-reactive ketones (excluding diaryl/α,β-unsaturated/α-hetero) is 1. The molecule has 0 radical (unpaired) electrons. The molecule has 49 heavy (non-hydrogen) atoms. The van der Waals surface area contributed by atoms with Gasteiger partial charge >= 0.3 is 12.1 Å². The number of hydrogen-bond acceptors (Lipinski definition) is 14. The van der Waals surface area contributed by atoms with Crippen LogP contribution >= 0.6 is 0 Å². The van der Waals surface area contributed by atoms with Gasteiger partial charge in [0.2, 0.25) is 5.78 Å². The van der Waals surface area contributed by atoms with E-state index in [1.807, 2.05) is 0 Å². The number of fused-ring (bicyclic) bond motifs is 7. The zero-order chi connectivity index (χ0) is 36.2. The molecule has 17 heteroatoms. The molecule has 0 bridgehead atoms. The van der Waals surface area contributed by atoms with E-state index in [-0.39, 0.29) is 50.9 Å². The molecule has 10 atom stereocenters. The molecule has 0 spiro atoms. The van der Waals surface area contributed by atoms with Crippen LogP contribution in [0.4, 0.5) is 13.6 Å². The summed E-state index contributed by atoms with van der Waals surface area (Å²) in [6.07, 6.45) is -2.09. The highest BCUT2D eigenvalue weighted by Gasteiger charge is 2.80. The quantitative estimate of drug-likeness (QED) is 0.130. The molecule has 0 amide bonds. The second-order valence-corrected chi connectivity index (χ2v) is 14.2. The lowest BCUT2D eigenvalue weighted by Crippen LogP contribution is -2.71. The molecule has 5 aliphatic rings. The van der Waals surface area contributed by atoms with Crippen LogP contribution in [0, 0.1) is 32.8 Å². The first-order chi connectivity index (χ1) is 22.8. The van der Waals surface area contributed by atoms with E-state index in [2.05, 4.69) is 4.84 Å². The zero-order valence-corrected chi connectivity index (χ0v) is 27.7. The molecule has 1 aliphatic heterocycles. The van der Waals surface area contributed by atoms with Crippen molar-refractivity contribution in [2.45, 2.75) is 101 Å². The molecule has 4 aliphatic carbocycles. The number of nitrogens with two attached hydrogens (primary N) is 1. The third-order valence-corrected chi connectivity index (χ3v) is 11.0. The number of carbonyl (C=O) groups is 4. The van der Waals surface area contributed by atoms with E-state index in [4.69, 9.17) is 29.4 Å². The third-order valence-electron chi connectivity index (χ3n) is 11.0. The molecule has 0 aromatic heterocycles. The van der Waals surface area contributed by atoms with E-state index < -0.39 is 106 Å². The first kappa shape index (κ1) is 36.7. The van der Waals surface area contributed by atoms with Gasteiger partial charge in [-0.1, -0.05) is 13.0 Å². The van der Waals surface area contributed by atoms with Crippen LogP contribution in [0.3, 0.4) is 0 Å². The monoisotopic (exact) mass is 700 g/mol. The fraction of sp³-hybridized carbons (Fsp3) is 0.750. The minimum Gasteiger partial charge on any atom is -0.464 e. The number of aliphatic hydroxyl groups is 1. The standard InChI is InChI=1S/C32H42F2N2O13/c1-28(2)48-25-13-18-19-12-21(33)20-11-17(37)7-8-29(20,3)31(19,34)23(38)14-30(18,4)32(25,49-28)24(39)16-46-27(41)45-15-22(35)26(40)44-9-5-6-10-47-36(42)43/h7-8,11,18-19,21-23,25,38H,5-6,9-10,12-16,35H2,1-4H3/t18?,19?,21-,22-,23-,25-,29-,30-,31-,32?/m0/s1. The van der Waals surface area contributed by atoms with Gasteiger partial charge in [-0.25, -0.2) is 13.6 Å². The number of esters is 1. The number of allylic oxidation sites excluding steroid dienone is 4. The molecule has 1 saturated heterocycles. The molecule has 3 saturated carbocycles. The molecule has 0 aromatic carbocycles. The number of ketones is 2. The van der Waals surface area contributed by atoms with Crippen molar-refractivity contribution in [1.82, 2.24) is 0 Å². The molecule has 15 nitrogen and oxygen atoms in total. The largest absolute Gasteiger partial charge is 0.508 e. The summed E-state index contributed by atoms with van der Waals surface area (Å²) >= 11 is 0. The van der Waals surface area contributed by atoms with E-state index in [1.54, 1.807) is 20.8 Å². The topological polar surface area (TPSA) is 213 Å². The number of aliphatic hydroxyl groups excluding tert-OH is 1. The Morgan fingerprint density at radius 1 is 1.12 bits per heavy atom. The van der Waals surface area contributed by atoms with Crippen LogP contribution in [0.25, 0.3) is 0 Å². The van der Waals surface area contributed by atoms with Crippen LogP contribution in [0.2, 0.25) is 0 Å². The van der Waals surface area contributed by atoms with Gasteiger partial charge in [0.05, 0.1) is 25.4 Å². The minimum atomic E-state index is -2.38. The fourth-order valence-corrected chi connectivity index (χ4v) is 8.92.